The molecule has 0 saturated carbocycles. The van der Waals surface area contributed by atoms with E-state index in [-0.39, 0.29) is 12.5 Å². The Morgan fingerprint density at radius 1 is 1.17 bits per heavy atom. The molecule has 1 heterocycles. The summed E-state index contributed by atoms with van der Waals surface area (Å²) >= 11 is 0. The Morgan fingerprint density at radius 2 is 1.91 bits per heavy atom. The summed E-state index contributed by atoms with van der Waals surface area (Å²) in [6, 6.07) is 7.56. The van der Waals surface area contributed by atoms with E-state index in [0.29, 0.717) is 25.5 Å². The maximum Gasteiger partial charge on any atom is 0.242 e. The third kappa shape index (κ3) is 4.74. The summed E-state index contributed by atoms with van der Waals surface area (Å²) < 4.78 is 12.8. The smallest absolute Gasteiger partial charge is 0.242 e. The van der Waals surface area contributed by atoms with Crippen molar-refractivity contribution in [2.45, 2.75) is 33.9 Å². The zero-order chi connectivity index (χ0) is 16.7. The Balaban J connectivity index is 1.95. The van der Waals surface area contributed by atoms with Crippen LogP contribution in [0.15, 0.2) is 30.5 Å². The lowest BCUT2D eigenvalue weighted by molar-refractivity contribution is -0.122. The predicted octanol–water partition coefficient (Wildman–Crippen LogP) is 2.31. The van der Waals surface area contributed by atoms with Gasteiger partial charge in [-0.05, 0) is 44.5 Å². The Kier molecular flexibility index (Phi) is 6.02. The van der Waals surface area contributed by atoms with Crippen LogP contribution in [0.4, 0.5) is 0 Å². The summed E-state index contributed by atoms with van der Waals surface area (Å²) in [5, 5.41) is 6.99. The number of rotatable bonds is 8. The molecule has 0 fully saturated rings. The molecule has 1 aromatic carbocycles. The van der Waals surface area contributed by atoms with Crippen molar-refractivity contribution in [3.8, 4) is 11.5 Å². The van der Waals surface area contributed by atoms with Gasteiger partial charge in [0.25, 0.3) is 0 Å². The van der Waals surface area contributed by atoms with Crippen LogP contribution in [-0.4, -0.2) is 28.9 Å². The van der Waals surface area contributed by atoms with Crippen LogP contribution in [0.2, 0.25) is 0 Å². The van der Waals surface area contributed by atoms with Gasteiger partial charge in [0.2, 0.25) is 5.91 Å². The second kappa shape index (κ2) is 8.22. The highest BCUT2D eigenvalue weighted by Crippen LogP contribution is 2.28. The van der Waals surface area contributed by atoms with Gasteiger partial charge in [-0.15, -0.1) is 0 Å². The predicted molar refractivity (Wildman–Crippen MR) is 87.6 cm³/mol. The number of aryl methyl sites for hydroxylation is 1. The maximum atomic E-state index is 12.0. The first-order valence-corrected chi connectivity index (χ1v) is 7.77. The molecular weight excluding hydrogens is 294 g/mol. The molecule has 0 saturated heterocycles. The summed E-state index contributed by atoms with van der Waals surface area (Å²) in [6.07, 6.45) is 1.68. The largest absolute Gasteiger partial charge is 0.490 e. The van der Waals surface area contributed by atoms with Crippen LogP contribution in [0.1, 0.15) is 25.1 Å². The number of amides is 1. The number of carbonyl (C=O) groups excluding carboxylic acids is 1. The van der Waals surface area contributed by atoms with Gasteiger partial charge in [0.1, 0.15) is 6.54 Å². The Hall–Kier alpha value is -2.50. The zero-order valence-electron chi connectivity index (χ0n) is 13.8. The van der Waals surface area contributed by atoms with Crippen molar-refractivity contribution in [1.82, 2.24) is 15.1 Å². The molecule has 6 heteroatoms. The molecular formula is C17H23N3O3. The maximum absolute atomic E-state index is 12.0. The molecule has 0 unspecified atom stereocenters. The molecule has 23 heavy (non-hydrogen) atoms. The number of hydrogen-bond donors (Lipinski definition) is 1. The third-order valence-corrected chi connectivity index (χ3v) is 3.32. The van der Waals surface area contributed by atoms with Crippen molar-refractivity contribution in [2.24, 2.45) is 0 Å². The minimum atomic E-state index is -0.0800. The Morgan fingerprint density at radius 3 is 2.57 bits per heavy atom. The quantitative estimate of drug-likeness (QED) is 0.811. The minimum Gasteiger partial charge on any atom is -0.490 e. The van der Waals surface area contributed by atoms with E-state index in [1.165, 1.54) is 0 Å². The fourth-order valence-corrected chi connectivity index (χ4v) is 2.16. The molecule has 2 rings (SSSR count). The Labute approximate surface area is 136 Å². The molecule has 2 aromatic rings. The van der Waals surface area contributed by atoms with Crippen LogP contribution in [0.25, 0.3) is 0 Å². The number of nitrogens with one attached hydrogen (secondary N) is 1. The van der Waals surface area contributed by atoms with Crippen molar-refractivity contribution in [3.63, 3.8) is 0 Å². The molecule has 1 N–H and O–H groups in total. The average molecular weight is 317 g/mol. The first-order chi connectivity index (χ1) is 11.1. The van der Waals surface area contributed by atoms with E-state index in [4.69, 9.17) is 9.47 Å². The van der Waals surface area contributed by atoms with Gasteiger partial charge in [0.15, 0.2) is 11.5 Å². The van der Waals surface area contributed by atoms with Gasteiger partial charge < -0.3 is 14.8 Å². The fourth-order valence-electron chi connectivity index (χ4n) is 2.16. The van der Waals surface area contributed by atoms with Gasteiger partial charge in [-0.3, -0.25) is 9.48 Å². The second-order valence-corrected chi connectivity index (χ2v) is 5.05. The van der Waals surface area contributed by atoms with Gasteiger partial charge in [-0.25, -0.2) is 0 Å². The van der Waals surface area contributed by atoms with Crippen LogP contribution >= 0.6 is 0 Å². The van der Waals surface area contributed by atoms with E-state index in [1.807, 2.05) is 45.0 Å². The normalized spacial score (nSPS) is 10.4. The first-order valence-electron chi connectivity index (χ1n) is 7.77. The second-order valence-electron chi connectivity index (χ2n) is 5.05. The molecule has 124 valence electrons. The summed E-state index contributed by atoms with van der Waals surface area (Å²) in [6.45, 7) is 7.58. The summed E-state index contributed by atoms with van der Waals surface area (Å²) in [5.41, 5.74) is 1.92. The highest BCUT2D eigenvalue weighted by molar-refractivity contribution is 5.75. The van der Waals surface area contributed by atoms with Crippen LogP contribution in [0.3, 0.4) is 0 Å². The van der Waals surface area contributed by atoms with Crippen LogP contribution in [0.5, 0.6) is 11.5 Å². The van der Waals surface area contributed by atoms with Gasteiger partial charge in [0.05, 0.1) is 13.2 Å². The number of hydrogen-bond acceptors (Lipinski definition) is 4. The van der Waals surface area contributed by atoms with E-state index in [9.17, 15) is 4.79 Å². The topological polar surface area (TPSA) is 65.4 Å². The summed E-state index contributed by atoms with van der Waals surface area (Å²) in [4.78, 5) is 12.0. The lowest BCUT2D eigenvalue weighted by Gasteiger charge is -2.13. The van der Waals surface area contributed by atoms with E-state index in [1.54, 1.807) is 10.9 Å². The number of aromatic nitrogens is 2. The molecule has 0 aliphatic heterocycles. The lowest BCUT2D eigenvalue weighted by atomic mass is 10.2. The van der Waals surface area contributed by atoms with Gasteiger partial charge in [0, 0.05) is 18.4 Å². The highest BCUT2D eigenvalue weighted by atomic mass is 16.5. The van der Waals surface area contributed by atoms with E-state index in [2.05, 4.69) is 10.4 Å². The van der Waals surface area contributed by atoms with Gasteiger partial charge in [-0.2, -0.15) is 5.10 Å². The SMILES string of the molecule is CCOc1ccc(CNC(=O)Cn2nccc2C)cc1OCC. The molecule has 0 spiro atoms. The molecule has 0 aliphatic rings. The minimum absolute atomic E-state index is 0.0800. The number of ether oxygens (including phenoxy) is 2. The molecule has 0 bridgehead atoms. The van der Waals surface area contributed by atoms with Gasteiger partial charge in [-0.1, -0.05) is 6.07 Å². The van der Waals surface area contributed by atoms with Crippen molar-refractivity contribution in [2.75, 3.05) is 13.2 Å². The molecule has 0 aliphatic carbocycles. The standard InChI is InChI=1S/C17H23N3O3/c1-4-22-15-7-6-14(10-16(15)23-5-2)11-18-17(21)12-20-13(3)8-9-19-20/h6-10H,4-5,11-12H2,1-3H3,(H,18,21). The van der Waals surface area contributed by atoms with Gasteiger partial charge >= 0.3 is 0 Å². The van der Waals surface area contributed by atoms with Crippen LogP contribution in [-0.2, 0) is 17.9 Å². The van der Waals surface area contributed by atoms with Crippen LogP contribution in [0, 0.1) is 6.92 Å². The lowest BCUT2D eigenvalue weighted by Crippen LogP contribution is -2.27. The van der Waals surface area contributed by atoms with Crippen molar-refractivity contribution in [3.05, 3.63) is 41.7 Å². The Bertz CT molecular complexity index is 652. The van der Waals surface area contributed by atoms with Crippen molar-refractivity contribution < 1.29 is 14.3 Å². The average Bonchev–Trinajstić information content (AvgIpc) is 2.93. The zero-order valence-corrected chi connectivity index (χ0v) is 13.8. The first kappa shape index (κ1) is 16.9. The summed E-state index contributed by atoms with van der Waals surface area (Å²) in [7, 11) is 0. The molecule has 1 amide bonds. The number of nitrogens with zero attached hydrogens (tertiary/aromatic N) is 2. The molecule has 1 aromatic heterocycles. The third-order valence-electron chi connectivity index (χ3n) is 3.32. The number of benzene rings is 1. The fraction of sp³-hybridized carbons (Fsp3) is 0.412. The summed E-state index contributed by atoms with van der Waals surface area (Å²) in [5.74, 6) is 1.34. The molecule has 0 atom stereocenters. The van der Waals surface area contributed by atoms with E-state index >= 15 is 0 Å². The van der Waals surface area contributed by atoms with Crippen molar-refractivity contribution >= 4 is 5.91 Å². The monoisotopic (exact) mass is 317 g/mol. The highest BCUT2D eigenvalue weighted by Gasteiger charge is 2.08. The van der Waals surface area contributed by atoms with E-state index < -0.39 is 0 Å². The number of carbonyl (C=O) groups is 1. The van der Waals surface area contributed by atoms with E-state index in [0.717, 1.165) is 17.0 Å². The van der Waals surface area contributed by atoms with Crippen LogP contribution < -0.4 is 14.8 Å². The molecule has 6 nitrogen and oxygen atoms in total. The molecule has 0 radical (unpaired) electrons. The van der Waals surface area contributed by atoms with Crippen molar-refractivity contribution in [1.29, 1.82) is 0 Å².